The van der Waals surface area contributed by atoms with Crippen molar-refractivity contribution in [1.29, 1.82) is 0 Å². The molecule has 0 saturated carbocycles. The van der Waals surface area contributed by atoms with Gasteiger partial charge < -0.3 is 10.6 Å². The lowest BCUT2D eigenvalue weighted by molar-refractivity contribution is 0.0950. The minimum Gasteiger partial charge on any atom is -0.365 e. The number of benzene rings is 1. The minimum absolute atomic E-state index is 0.190. The van der Waals surface area contributed by atoms with Gasteiger partial charge in [-0.05, 0) is 43.0 Å². The lowest BCUT2D eigenvalue weighted by Gasteiger charge is -2.12. The van der Waals surface area contributed by atoms with Gasteiger partial charge in [-0.15, -0.1) is 10.2 Å². The van der Waals surface area contributed by atoms with Crippen LogP contribution < -0.4 is 10.6 Å². The second-order valence-electron chi connectivity index (χ2n) is 5.18. The van der Waals surface area contributed by atoms with Gasteiger partial charge in [-0.2, -0.15) is 0 Å². The molecule has 5 nitrogen and oxygen atoms in total. The largest absolute Gasteiger partial charge is 0.365 e. The molecule has 0 unspecified atom stereocenters. The molecule has 1 aromatic heterocycles. The van der Waals surface area contributed by atoms with Crippen molar-refractivity contribution in [3.63, 3.8) is 0 Å². The van der Waals surface area contributed by atoms with Gasteiger partial charge in [0.2, 0.25) is 0 Å². The molecular formula is C16H18N4O. The van der Waals surface area contributed by atoms with E-state index in [2.05, 4.69) is 45.1 Å². The highest BCUT2D eigenvalue weighted by molar-refractivity contribution is 5.92. The Morgan fingerprint density at radius 1 is 1.14 bits per heavy atom. The fourth-order valence-corrected chi connectivity index (χ4v) is 2.65. The summed E-state index contributed by atoms with van der Waals surface area (Å²) in [5.74, 6) is 0.519. The third-order valence-electron chi connectivity index (χ3n) is 3.64. The Bertz CT molecular complexity index is 614. The van der Waals surface area contributed by atoms with Crippen LogP contribution in [0.4, 0.5) is 5.82 Å². The molecule has 2 aromatic rings. The fraction of sp³-hybridized carbons (Fsp3) is 0.312. The molecule has 1 heterocycles. The highest BCUT2D eigenvalue weighted by Gasteiger charge is 2.21. The van der Waals surface area contributed by atoms with Gasteiger partial charge in [-0.3, -0.25) is 4.79 Å². The minimum atomic E-state index is -0.190. The van der Waals surface area contributed by atoms with Gasteiger partial charge in [0.15, 0.2) is 5.69 Å². The number of amides is 1. The number of carbonyl (C=O) groups is 1. The van der Waals surface area contributed by atoms with Gasteiger partial charge in [-0.1, -0.05) is 24.3 Å². The molecule has 3 rings (SSSR count). The zero-order valence-electron chi connectivity index (χ0n) is 12.0. The van der Waals surface area contributed by atoms with Crippen LogP contribution in [0.25, 0.3) is 0 Å². The van der Waals surface area contributed by atoms with Crippen LogP contribution in [0.5, 0.6) is 0 Å². The van der Waals surface area contributed by atoms with Crippen molar-refractivity contribution in [2.75, 3.05) is 11.9 Å². The zero-order valence-corrected chi connectivity index (χ0v) is 12.0. The standard InChI is InChI=1S/C16H18N4O/c1-2-17-16(21)14-7-8-15(20-19-14)18-13-9-11-5-3-4-6-12(11)10-13/h3-8,13H,2,9-10H2,1H3,(H,17,21)(H,18,20). The van der Waals surface area contributed by atoms with Crippen molar-refractivity contribution in [3.8, 4) is 0 Å². The van der Waals surface area contributed by atoms with Crippen LogP contribution in [0.1, 0.15) is 28.5 Å². The second kappa shape index (κ2) is 5.91. The maximum Gasteiger partial charge on any atom is 0.271 e. The Morgan fingerprint density at radius 2 is 1.86 bits per heavy atom. The Hall–Kier alpha value is -2.43. The SMILES string of the molecule is CCNC(=O)c1ccc(NC2Cc3ccccc3C2)nn1. The van der Waals surface area contributed by atoms with E-state index in [1.165, 1.54) is 11.1 Å². The van der Waals surface area contributed by atoms with Crippen molar-refractivity contribution in [1.82, 2.24) is 15.5 Å². The van der Waals surface area contributed by atoms with Crippen LogP contribution in [-0.4, -0.2) is 28.7 Å². The second-order valence-corrected chi connectivity index (χ2v) is 5.18. The third kappa shape index (κ3) is 3.02. The molecule has 1 amide bonds. The van der Waals surface area contributed by atoms with E-state index in [9.17, 15) is 4.79 Å². The number of nitrogens with one attached hydrogen (secondary N) is 2. The van der Waals surface area contributed by atoms with Crippen LogP contribution in [-0.2, 0) is 12.8 Å². The number of rotatable bonds is 4. The molecule has 0 aliphatic heterocycles. The topological polar surface area (TPSA) is 66.9 Å². The molecule has 1 aromatic carbocycles. The first kappa shape index (κ1) is 13.5. The molecule has 0 bridgehead atoms. The average Bonchev–Trinajstić information content (AvgIpc) is 2.90. The molecule has 0 radical (unpaired) electrons. The Morgan fingerprint density at radius 3 is 2.43 bits per heavy atom. The van der Waals surface area contributed by atoms with Crippen molar-refractivity contribution in [2.45, 2.75) is 25.8 Å². The van der Waals surface area contributed by atoms with Gasteiger partial charge in [-0.25, -0.2) is 0 Å². The predicted molar refractivity (Wildman–Crippen MR) is 81.3 cm³/mol. The summed E-state index contributed by atoms with van der Waals surface area (Å²) in [6.07, 6.45) is 1.99. The van der Waals surface area contributed by atoms with E-state index in [1.807, 2.05) is 6.92 Å². The van der Waals surface area contributed by atoms with Crippen LogP contribution in [0.15, 0.2) is 36.4 Å². The molecule has 1 aliphatic rings. The number of anilines is 1. The maximum atomic E-state index is 11.6. The molecular weight excluding hydrogens is 264 g/mol. The van der Waals surface area contributed by atoms with Gasteiger partial charge >= 0.3 is 0 Å². The molecule has 2 N–H and O–H groups in total. The van der Waals surface area contributed by atoms with E-state index in [0.29, 0.717) is 24.1 Å². The van der Waals surface area contributed by atoms with Gasteiger partial charge in [0.05, 0.1) is 0 Å². The summed E-state index contributed by atoms with van der Waals surface area (Å²) in [5, 5.41) is 14.1. The number of fused-ring (bicyclic) bond motifs is 1. The van der Waals surface area contributed by atoms with E-state index in [-0.39, 0.29) is 5.91 Å². The molecule has 21 heavy (non-hydrogen) atoms. The lowest BCUT2D eigenvalue weighted by Crippen LogP contribution is -2.25. The fourth-order valence-electron chi connectivity index (χ4n) is 2.65. The van der Waals surface area contributed by atoms with E-state index in [0.717, 1.165) is 12.8 Å². The smallest absolute Gasteiger partial charge is 0.271 e. The molecule has 0 saturated heterocycles. The first-order chi connectivity index (χ1) is 10.3. The quantitative estimate of drug-likeness (QED) is 0.897. The number of carbonyl (C=O) groups excluding carboxylic acids is 1. The molecule has 0 atom stereocenters. The van der Waals surface area contributed by atoms with E-state index in [4.69, 9.17) is 0 Å². The first-order valence-corrected chi connectivity index (χ1v) is 7.21. The monoisotopic (exact) mass is 282 g/mol. The first-order valence-electron chi connectivity index (χ1n) is 7.21. The summed E-state index contributed by atoms with van der Waals surface area (Å²) in [7, 11) is 0. The van der Waals surface area contributed by atoms with Crippen LogP contribution in [0.2, 0.25) is 0 Å². The Labute approximate surface area is 123 Å². The van der Waals surface area contributed by atoms with Crippen molar-refractivity contribution < 1.29 is 4.79 Å². The van der Waals surface area contributed by atoms with E-state index < -0.39 is 0 Å². The average molecular weight is 282 g/mol. The summed E-state index contributed by atoms with van der Waals surface area (Å²) in [5.41, 5.74) is 3.13. The summed E-state index contributed by atoms with van der Waals surface area (Å²) in [6.45, 7) is 2.46. The van der Waals surface area contributed by atoms with Crippen molar-refractivity contribution in [2.24, 2.45) is 0 Å². The molecule has 0 spiro atoms. The van der Waals surface area contributed by atoms with Crippen LogP contribution in [0.3, 0.4) is 0 Å². The van der Waals surface area contributed by atoms with Crippen molar-refractivity contribution >= 4 is 11.7 Å². The number of nitrogens with zero attached hydrogens (tertiary/aromatic N) is 2. The molecule has 0 fully saturated rings. The lowest BCUT2D eigenvalue weighted by atomic mass is 10.1. The maximum absolute atomic E-state index is 11.6. The Kier molecular flexibility index (Phi) is 3.81. The summed E-state index contributed by atoms with van der Waals surface area (Å²) in [4.78, 5) is 11.6. The van der Waals surface area contributed by atoms with E-state index >= 15 is 0 Å². The third-order valence-corrected chi connectivity index (χ3v) is 3.64. The predicted octanol–water partition coefficient (Wildman–Crippen LogP) is 1.81. The zero-order chi connectivity index (χ0) is 14.7. The van der Waals surface area contributed by atoms with Crippen LogP contribution in [0, 0.1) is 0 Å². The van der Waals surface area contributed by atoms with E-state index in [1.54, 1.807) is 12.1 Å². The molecule has 5 heteroatoms. The molecule has 108 valence electrons. The van der Waals surface area contributed by atoms with Crippen molar-refractivity contribution in [3.05, 3.63) is 53.2 Å². The van der Waals surface area contributed by atoms with Crippen LogP contribution >= 0.6 is 0 Å². The van der Waals surface area contributed by atoms with Gasteiger partial charge in [0.1, 0.15) is 5.82 Å². The normalized spacial score (nSPS) is 13.8. The van der Waals surface area contributed by atoms with Gasteiger partial charge in [0, 0.05) is 12.6 Å². The highest BCUT2D eigenvalue weighted by atomic mass is 16.1. The summed E-state index contributed by atoms with van der Waals surface area (Å²) in [6, 6.07) is 12.3. The number of hydrogen-bond donors (Lipinski definition) is 2. The summed E-state index contributed by atoms with van der Waals surface area (Å²) < 4.78 is 0. The number of hydrogen-bond acceptors (Lipinski definition) is 4. The highest BCUT2D eigenvalue weighted by Crippen LogP contribution is 2.23. The van der Waals surface area contributed by atoms with Gasteiger partial charge in [0.25, 0.3) is 5.91 Å². The number of aromatic nitrogens is 2. The Balaban J connectivity index is 1.63. The molecule has 1 aliphatic carbocycles. The summed E-state index contributed by atoms with van der Waals surface area (Å²) >= 11 is 0.